The lowest BCUT2D eigenvalue weighted by molar-refractivity contribution is -0.153. The van der Waals surface area contributed by atoms with Crippen molar-refractivity contribution in [2.45, 2.75) is 58.2 Å². The third kappa shape index (κ3) is 13.4. The van der Waals surface area contributed by atoms with E-state index in [1.807, 2.05) is 20.8 Å². The van der Waals surface area contributed by atoms with Crippen LogP contribution >= 0.6 is 0 Å². The lowest BCUT2D eigenvalue weighted by Crippen LogP contribution is -2.24. The fourth-order valence-corrected chi connectivity index (χ4v) is 4.45. The van der Waals surface area contributed by atoms with E-state index in [4.69, 9.17) is 33.8 Å². The monoisotopic (exact) mass is 685 g/mol. The van der Waals surface area contributed by atoms with Gasteiger partial charge in [0, 0.05) is 30.4 Å². The summed E-state index contributed by atoms with van der Waals surface area (Å²) in [5.74, 6) is -0.832. The van der Waals surface area contributed by atoms with Crippen LogP contribution in [0.4, 0.5) is 0 Å². The molecular weight excluding hydrogens is 642 g/mol. The van der Waals surface area contributed by atoms with Crippen molar-refractivity contribution < 1.29 is 47.6 Å². The molecule has 0 aliphatic rings. The van der Waals surface area contributed by atoms with Crippen LogP contribution in [0.25, 0.3) is 0 Å². The van der Waals surface area contributed by atoms with Gasteiger partial charge in [-0.25, -0.2) is 19.2 Å². The first-order chi connectivity index (χ1) is 23.9. The number of benzene rings is 3. The second kappa shape index (κ2) is 19.3. The van der Waals surface area contributed by atoms with E-state index < -0.39 is 30.0 Å². The molecule has 0 bridgehead atoms. The Morgan fingerprint density at radius 2 is 1.42 bits per heavy atom. The fourth-order valence-electron chi connectivity index (χ4n) is 4.45. The zero-order valence-electron chi connectivity index (χ0n) is 28.6. The highest BCUT2D eigenvalue weighted by Crippen LogP contribution is 2.22. The molecule has 0 aromatic heterocycles. The van der Waals surface area contributed by atoms with Gasteiger partial charge in [-0.2, -0.15) is 0 Å². The molecule has 0 aliphatic heterocycles. The minimum atomic E-state index is -0.618. The maximum atomic E-state index is 12.8. The smallest absolute Gasteiger partial charge is 0.343 e. The largest absolute Gasteiger partial charge is 0.494 e. The Bertz CT molecular complexity index is 1640. The summed E-state index contributed by atoms with van der Waals surface area (Å²) in [7, 11) is 0. The van der Waals surface area contributed by atoms with E-state index in [0.29, 0.717) is 60.5 Å². The van der Waals surface area contributed by atoms with Crippen LogP contribution in [0.1, 0.15) is 71.9 Å². The number of hydrogen-bond acceptors (Lipinski definition) is 11. The van der Waals surface area contributed by atoms with Crippen LogP contribution in [-0.4, -0.2) is 61.6 Å². The number of carbonyl (C=O) groups is 4. The van der Waals surface area contributed by atoms with Gasteiger partial charge < -0.3 is 33.8 Å². The predicted molar refractivity (Wildman–Crippen MR) is 187 cm³/mol. The number of rotatable bonds is 19. The van der Waals surface area contributed by atoms with Crippen molar-refractivity contribution >= 4 is 30.1 Å². The average molecular weight is 686 g/mol. The second-order valence-corrected chi connectivity index (χ2v) is 12.0. The molecule has 3 aromatic carbocycles. The van der Waals surface area contributed by atoms with E-state index in [1.54, 1.807) is 66.7 Å². The van der Waals surface area contributed by atoms with Crippen molar-refractivity contribution in [3.63, 3.8) is 0 Å². The van der Waals surface area contributed by atoms with Crippen molar-refractivity contribution in [2.24, 2.45) is 0 Å². The van der Waals surface area contributed by atoms with Gasteiger partial charge in [0.25, 0.3) is 0 Å². The summed E-state index contributed by atoms with van der Waals surface area (Å²) >= 11 is 0. The van der Waals surface area contributed by atoms with Crippen molar-refractivity contribution in [3.05, 3.63) is 114 Å². The van der Waals surface area contributed by atoms with Crippen LogP contribution in [-0.2, 0) is 30.2 Å². The third-order valence-electron chi connectivity index (χ3n) is 6.88. The van der Waals surface area contributed by atoms with Crippen LogP contribution < -0.4 is 14.2 Å². The first-order valence-corrected chi connectivity index (χ1v) is 16.1. The van der Waals surface area contributed by atoms with Crippen LogP contribution in [0, 0.1) is 5.41 Å². The molecule has 0 fully saturated rings. The standard InChI is InChI=1S/C39H43NO10/c1-6-35(41)47-26-33(48-36(42)7-2)10-8-9-22-45-31-16-12-29(13-17-31)38(44)49-34-20-11-27(24-30(34)25-40)21-23-46-37(43)28-14-18-32(19-15-28)50-39(3,4)5/h6-7,11-20,24-25,33,40H,1-2,8-10,21-23,26H2,3-5H3. The van der Waals surface area contributed by atoms with Crippen molar-refractivity contribution in [1.82, 2.24) is 0 Å². The molecule has 0 saturated carbocycles. The molecule has 0 spiro atoms. The molecule has 0 aliphatic carbocycles. The Kier molecular flexibility index (Phi) is 15.0. The zero-order valence-corrected chi connectivity index (χ0v) is 28.6. The first kappa shape index (κ1) is 38.7. The summed E-state index contributed by atoms with van der Waals surface area (Å²) in [5.41, 5.74) is 1.56. The minimum Gasteiger partial charge on any atom is -0.494 e. The van der Waals surface area contributed by atoms with Gasteiger partial charge >= 0.3 is 23.9 Å². The van der Waals surface area contributed by atoms with E-state index in [2.05, 4.69) is 13.2 Å². The summed E-state index contributed by atoms with van der Waals surface area (Å²) in [6.45, 7) is 13.0. The molecule has 1 N–H and O–H groups in total. The molecular formula is C39H43NO10. The molecule has 11 heteroatoms. The van der Waals surface area contributed by atoms with E-state index in [9.17, 15) is 19.2 Å². The van der Waals surface area contributed by atoms with E-state index >= 15 is 0 Å². The SMILES string of the molecule is C=CC(=O)OCC(CCCCOc1ccc(C(=O)Oc2ccc(CCOC(=O)c3ccc(OC(C)(C)C)cc3)cc2C=N)cc1)OC(=O)C=C. The number of carbonyl (C=O) groups excluding carboxylic acids is 4. The van der Waals surface area contributed by atoms with Gasteiger partial charge in [-0.3, -0.25) is 0 Å². The molecule has 50 heavy (non-hydrogen) atoms. The second-order valence-electron chi connectivity index (χ2n) is 12.0. The molecule has 1 unspecified atom stereocenters. The van der Waals surface area contributed by atoms with Gasteiger partial charge in [0.1, 0.15) is 35.6 Å². The van der Waals surface area contributed by atoms with Crippen molar-refractivity contribution in [3.8, 4) is 17.2 Å². The van der Waals surface area contributed by atoms with Gasteiger partial charge in [0.15, 0.2) is 0 Å². The highest BCUT2D eigenvalue weighted by Gasteiger charge is 2.16. The van der Waals surface area contributed by atoms with Crippen LogP contribution in [0.15, 0.2) is 92.0 Å². The van der Waals surface area contributed by atoms with E-state index in [1.165, 1.54) is 0 Å². The molecule has 0 amide bonds. The summed E-state index contributed by atoms with van der Waals surface area (Å²) in [4.78, 5) is 48.2. The Hall–Kier alpha value is -5.71. The number of nitrogens with one attached hydrogen (secondary N) is 1. The molecule has 0 heterocycles. The molecule has 11 nitrogen and oxygen atoms in total. The Labute approximate surface area is 292 Å². The summed E-state index contributed by atoms with van der Waals surface area (Å²) < 4.78 is 32.7. The zero-order chi connectivity index (χ0) is 36.5. The summed E-state index contributed by atoms with van der Waals surface area (Å²) in [6, 6.07) is 18.3. The first-order valence-electron chi connectivity index (χ1n) is 16.1. The molecule has 264 valence electrons. The Morgan fingerprint density at radius 1 is 0.780 bits per heavy atom. The quantitative estimate of drug-likeness (QED) is 0.0355. The topological polar surface area (TPSA) is 148 Å². The van der Waals surface area contributed by atoms with Crippen molar-refractivity contribution in [1.29, 1.82) is 5.41 Å². The van der Waals surface area contributed by atoms with Gasteiger partial charge in [0.05, 0.1) is 24.3 Å². The maximum Gasteiger partial charge on any atom is 0.343 e. The lowest BCUT2D eigenvalue weighted by atomic mass is 10.1. The van der Waals surface area contributed by atoms with Gasteiger partial charge in [-0.05, 0) is 106 Å². The van der Waals surface area contributed by atoms with E-state index in [0.717, 1.165) is 23.9 Å². The predicted octanol–water partition coefficient (Wildman–Crippen LogP) is 6.86. The molecule has 0 radical (unpaired) electrons. The number of esters is 4. The van der Waals surface area contributed by atoms with Crippen LogP contribution in [0.3, 0.4) is 0 Å². The number of hydrogen-bond donors (Lipinski definition) is 1. The van der Waals surface area contributed by atoms with Crippen LogP contribution in [0.2, 0.25) is 0 Å². The fraction of sp³-hybridized carbons (Fsp3) is 0.308. The highest BCUT2D eigenvalue weighted by atomic mass is 16.6. The third-order valence-corrected chi connectivity index (χ3v) is 6.88. The van der Waals surface area contributed by atoms with Gasteiger partial charge in [-0.1, -0.05) is 19.2 Å². The highest BCUT2D eigenvalue weighted by molar-refractivity contribution is 5.93. The Balaban J connectivity index is 1.44. The van der Waals surface area contributed by atoms with Gasteiger partial charge in [-0.15, -0.1) is 0 Å². The maximum absolute atomic E-state index is 12.8. The summed E-state index contributed by atoms with van der Waals surface area (Å²) in [5, 5.41) is 7.81. The normalized spacial score (nSPS) is 11.3. The van der Waals surface area contributed by atoms with Crippen LogP contribution in [0.5, 0.6) is 17.2 Å². The van der Waals surface area contributed by atoms with Gasteiger partial charge in [0.2, 0.25) is 0 Å². The molecule has 3 aromatic rings. The average Bonchev–Trinajstić information content (AvgIpc) is 3.10. The molecule has 0 saturated heterocycles. The van der Waals surface area contributed by atoms with E-state index in [-0.39, 0.29) is 24.6 Å². The summed E-state index contributed by atoms with van der Waals surface area (Å²) in [6.07, 6.45) is 4.68. The Morgan fingerprint density at radius 3 is 2.04 bits per heavy atom. The van der Waals surface area contributed by atoms with Crippen molar-refractivity contribution in [2.75, 3.05) is 19.8 Å². The molecule has 1 atom stereocenters. The number of unbranched alkanes of at least 4 members (excludes halogenated alkanes) is 1. The molecule has 3 rings (SSSR count). The minimum absolute atomic E-state index is 0.0867. The lowest BCUT2D eigenvalue weighted by Gasteiger charge is -2.21. The number of ether oxygens (including phenoxy) is 6.